The molecule has 0 bridgehead atoms. The molecule has 1 aliphatic heterocycles. The van der Waals surface area contributed by atoms with Crippen LogP contribution >= 0.6 is 0 Å². The van der Waals surface area contributed by atoms with Crippen molar-refractivity contribution in [3.63, 3.8) is 0 Å². The maximum absolute atomic E-state index is 13.3. The van der Waals surface area contributed by atoms with E-state index >= 15 is 0 Å². The van der Waals surface area contributed by atoms with Gasteiger partial charge in [-0.15, -0.1) is 0 Å². The zero-order valence-electron chi connectivity index (χ0n) is 15.3. The van der Waals surface area contributed by atoms with Gasteiger partial charge in [-0.3, -0.25) is 14.5 Å². The maximum Gasteiger partial charge on any atom is 0.241 e. The van der Waals surface area contributed by atoms with E-state index in [0.29, 0.717) is 12.2 Å². The molecular weight excluding hydrogens is 345 g/mol. The molecule has 6 heteroatoms. The van der Waals surface area contributed by atoms with Crippen LogP contribution in [-0.4, -0.2) is 35.8 Å². The van der Waals surface area contributed by atoms with Crippen LogP contribution in [-0.2, 0) is 9.59 Å². The topological polar surface area (TPSA) is 61.4 Å². The summed E-state index contributed by atoms with van der Waals surface area (Å²) in [4.78, 5) is 27.1. The highest BCUT2D eigenvalue weighted by atomic mass is 19.1. The SMILES string of the molecule is C[C@@H](C(=O)Nc1cccc(F)c1)N1CCC[C@H](C(=O)Nc2ccccc2)C1. The van der Waals surface area contributed by atoms with Gasteiger partial charge in [0, 0.05) is 17.9 Å². The monoisotopic (exact) mass is 369 g/mol. The Balaban J connectivity index is 1.57. The fourth-order valence-electron chi connectivity index (χ4n) is 3.32. The zero-order valence-corrected chi connectivity index (χ0v) is 15.3. The van der Waals surface area contributed by atoms with Crippen LogP contribution in [0.3, 0.4) is 0 Å². The summed E-state index contributed by atoms with van der Waals surface area (Å²) < 4.78 is 13.3. The third-order valence-corrected chi connectivity index (χ3v) is 4.88. The van der Waals surface area contributed by atoms with Gasteiger partial charge in [-0.2, -0.15) is 0 Å². The highest BCUT2D eigenvalue weighted by Crippen LogP contribution is 2.21. The Labute approximate surface area is 158 Å². The molecule has 3 rings (SSSR count). The normalized spacial score (nSPS) is 18.5. The largest absolute Gasteiger partial charge is 0.326 e. The Bertz CT molecular complexity index is 797. The number of nitrogens with one attached hydrogen (secondary N) is 2. The van der Waals surface area contributed by atoms with Crippen LogP contribution in [0.2, 0.25) is 0 Å². The van der Waals surface area contributed by atoms with Crippen LogP contribution in [0, 0.1) is 11.7 Å². The van der Waals surface area contributed by atoms with Gasteiger partial charge >= 0.3 is 0 Å². The summed E-state index contributed by atoms with van der Waals surface area (Å²) in [5.41, 5.74) is 1.21. The van der Waals surface area contributed by atoms with Crippen LogP contribution in [0.25, 0.3) is 0 Å². The molecule has 5 nitrogen and oxygen atoms in total. The second kappa shape index (κ2) is 8.77. The second-order valence-electron chi connectivity index (χ2n) is 6.86. The second-order valence-corrected chi connectivity index (χ2v) is 6.86. The lowest BCUT2D eigenvalue weighted by molar-refractivity contribution is -0.125. The van der Waals surface area contributed by atoms with E-state index in [4.69, 9.17) is 0 Å². The predicted octanol–water partition coefficient (Wildman–Crippen LogP) is 3.50. The molecule has 2 amide bonds. The van der Waals surface area contributed by atoms with Crippen molar-refractivity contribution < 1.29 is 14.0 Å². The average molecular weight is 369 g/mol. The molecule has 27 heavy (non-hydrogen) atoms. The predicted molar refractivity (Wildman–Crippen MR) is 104 cm³/mol. The Morgan fingerprint density at radius 1 is 1.07 bits per heavy atom. The lowest BCUT2D eigenvalue weighted by atomic mass is 9.95. The molecule has 1 aliphatic rings. The molecule has 0 unspecified atom stereocenters. The van der Waals surface area contributed by atoms with E-state index in [1.165, 1.54) is 12.1 Å². The van der Waals surface area contributed by atoms with Crippen molar-refractivity contribution in [1.82, 2.24) is 4.90 Å². The first-order valence-electron chi connectivity index (χ1n) is 9.19. The third kappa shape index (κ3) is 5.14. The highest BCUT2D eigenvalue weighted by Gasteiger charge is 2.31. The molecular formula is C21H24FN3O2. The van der Waals surface area contributed by atoms with Gasteiger partial charge in [-0.1, -0.05) is 24.3 Å². The molecule has 1 heterocycles. The van der Waals surface area contributed by atoms with Gasteiger partial charge in [0.25, 0.3) is 0 Å². The number of para-hydroxylation sites is 1. The first kappa shape index (κ1) is 19.0. The fraction of sp³-hybridized carbons (Fsp3) is 0.333. The summed E-state index contributed by atoms with van der Waals surface area (Å²) in [5, 5.41) is 5.68. The molecule has 2 aromatic carbocycles. The molecule has 2 N–H and O–H groups in total. The van der Waals surface area contributed by atoms with Crippen molar-refractivity contribution in [1.29, 1.82) is 0 Å². The van der Waals surface area contributed by atoms with Crippen molar-refractivity contribution in [2.75, 3.05) is 23.7 Å². The van der Waals surface area contributed by atoms with Gasteiger partial charge in [0.15, 0.2) is 0 Å². The summed E-state index contributed by atoms with van der Waals surface area (Å²) in [6, 6.07) is 14.8. The standard InChI is InChI=1S/C21H24FN3O2/c1-15(20(26)24-19-11-5-8-17(22)13-19)25-12-6-7-16(14-25)21(27)23-18-9-3-2-4-10-18/h2-5,8-11,13,15-16H,6-7,12,14H2,1H3,(H,23,27)(H,24,26)/t15-,16-/m0/s1. The summed E-state index contributed by atoms with van der Waals surface area (Å²) in [7, 11) is 0. The van der Waals surface area contributed by atoms with Gasteiger partial charge in [0.05, 0.1) is 12.0 Å². The number of anilines is 2. The van der Waals surface area contributed by atoms with E-state index in [0.717, 1.165) is 25.1 Å². The molecule has 1 saturated heterocycles. The van der Waals surface area contributed by atoms with Crippen LogP contribution < -0.4 is 10.6 Å². The molecule has 2 atom stereocenters. The third-order valence-electron chi connectivity index (χ3n) is 4.88. The van der Waals surface area contributed by atoms with Gasteiger partial charge in [0.1, 0.15) is 5.82 Å². The minimum absolute atomic E-state index is 0.0244. The number of halogens is 1. The number of hydrogen-bond donors (Lipinski definition) is 2. The van der Waals surface area contributed by atoms with Gasteiger partial charge in [0.2, 0.25) is 11.8 Å². The molecule has 1 fully saturated rings. The van der Waals surface area contributed by atoms with Gasteiger partial charge in [-0.05, 0) is 56.6 Å². The molecule has 142 valence electrons. The number of piperidine rings is 1. The number of benzene rings is 2. The van der Waals surface area contributed by atoms with E-state index < -0.39 is 11.9 Å². The lowest BCUT2D eigenvalue weighted by Gasteiger charge is -2.35. The molecule has 0 radical (unpaired) electrons. The maximum atomic E-state index is 13.3. The molecule has 0 aliphatic carbocycles. The van der Waals surface area contributed by atoms with E-state index in [2.05, 4.69) is 10.6 Å². The Morgan fingerprint density at radius 2 is 1.81 bits per heavy atom. The summed E-state index contributed by atoms with van der Waals surface area (Å²) >= 11 is 0. The smallest absolute Gasteiger partial charge is 0.241 e. The summed E-state index contributed by atoms with van der Waals surface area (Å²) in [6.45, 7) is 3.09. The molecule has 0 saturated carbocycles. The van der Waals surface area contributed by atoms with Crippen molar-refractivity contribution in [3.05, 3.63) is 60.4 Å². The van der Waals surface area contributed by atoms with E-state index in [1.807, 2.05) is 42.2 Å². The summed E-state index contributed by atoms with van der Waals surface area (Å²) in [5.74, 6) is -0.784. The number of carbonyl (C=O) groups is 2. The quantitative estimate of drug-likeness (QED) is 0.848. The Kier molecular flexibility index (Phi) is 6.19. The van der Waals surface area contributed by atoms with Gasteiger partial charge in [-0.25, -0.2) is 4.39 Å². The van der Waals surface area contributed by atoms with Gasteiger partial charge < -0.3 is 10.6 Å². The van der Waals surface area contributed by atoms with E-state index in [1.54, 1.807) is 12.1 Å². The number of carbonyl (C=O) groups excluding carboxylic acids is 2. The average Bonchev–Trinajstić information content (AvgIpc) is 2.68. The minimum atomic E-state index is -0.402. The first-order valence-corrected chi connectivity index (χ1v) is 9.19. The van der Waals surface area contributed by atoms with Crippen molar-refractivity contribution in [2.45, 2.75) is 25.8 Å². The van der Waals surface area contributed by atoms with Crippen molar-refractivity contribution in [2.24, 2.45) is 5.92 Å². The lowest BCUT2D eigenvalue weighted by Crippen LogP contribution is -2.49. The number of hydrogen-bond acceptors (Lipinski definition) is 3. The number of rotatable bonds is 5. The first-order chi connectivity index (χ1) is 13.0. The van der Waals surface area contributed by atoms with E-state index in [-0.39, 0.29) is 17.7 Å². The zero-order chi connectivity index (χ0) is 19.2. The number of amides is 2. The van der Waals surface area contributed by atoms with Crippen molar-refractivity contribution in [3.8, 4) is 0 Å². The molecule has 2 aromatic rings. The van der Waals surface area contributed by atoms with E-state index in [9.17, 15) is 14.0 Å². The van der Waals surface area contributed by atoms with Crippen LogP contribution in [0.1, 0.15) is 19.8 Å². The van der Waals surface area contributed by atoms with Crippen LogP contribution in [0.15, 0.2) is 54.6 Å². The Morgan fingerprint density at radius 3 is 2.56 bits per heavy atom. The minimum Gasteiger partial charge on any atom is -0.326 e. The van der Waals surface area contributed by atoms with Crippen LogP contribution in [0.4, 0.5) is 15.8 Å². The number of likely N-dealkylation sites (tertiary alicyclic amines) is 1. The summed E-state index contributed by atoms with van der Waals surface area (Å²) in [6.07, 6.45) is 1.65. The molecule has 0 spiro atoms. The highest BCUT2D eigenvalue weighted by molar-refractivity contribution is 5.95. The van der Waals surface area contributed by atoms with Crippen LogP contribution in [0.5, 0.6) is 0 Å². The Hall–Kier alpha value is -2.73. The fourth-order valence-corrected chi connectivity index (χ4v) is 3.32. The number of nitrogens with zero attached hydrogens (tertiary/aromatic N) is 1. The van der Waals surface area contributed by atoms with Crippen molar-refractivity contribution >= 4 is 23.2 Å². The molecule has 0 aromatic heterocycles.